The van der Waals surface area contributed by atoms with Crippen LogP contribution in [-0.4, -0.2) is 36.9 Å². The number of cyclic esters (lactones) is 1. The van der Waals surface area contributed by atoms with Gasteiger partial charge in [-0.3, -0.25) is 4.79 Å². The first-order valence-corrected chi connectivity index (χ1v) is 7.63. The summed E-state index contributed by atoms with van der Waals surface area (Å²) in [5.41, 5.74) is -0.728. The third-order valence-corrected chi connectivity index (χ3v) is 4.45. The van der Waals surface area contributed by atoms with Gasteiger partial charge in [-0.25, -0.2) is 4.79 Å². The number of ether oxygens (including phenoxy) is 3. The Morgan fingerprint density at radius 1 is 1.57 bits per heavy atom. The van der Waals surface area contributed by atoms with Gasteiger partial charge in [-0.2, -0.15) is 0 Å². The Balaban J connectivity index is 2.11. The molecule has 1 aliphatic carbocycles. The smallest absolute Gasteiger partial charge is 0.330 e. The average Bonchev–Trinajstić information content (AvgIpc) is 2.79. The maximum atomic E-state index is 11.8. The highest BCUT2D eigenvalue weighted by molar-refractivity contribution is 5.81. The second kappa shape index (κ2) is 6.60. The Kier molecular flexibility index (Phi) is 5.04. The Labute approximate surface area is 125 Å². The SMILES string of the molecule is C=CC(=O)OC1(C)CC2COC(=O)C2CC1OCCCC. The van der Waals surface area contributed by atoms with Crippen LogP contribution in [0.4, 0.5) is 0 Å². The highest BCUT2D eigenvalue weighted by Crippen LogP contribution is 2.44. The lowest BCUT2D eigenvalue weighted by Gasteiger charge is -2.43. The predicted octanol–water partition coefficient (Wildman–Crippen LogP) is 2.24. The molecule has 4 atom stereocenters. The molecule has 0 aromatic rings. The van der Waals surface area contributed by atoms with Crippen molar-refractivity contribution in [3.05, 3.63) is 12.7 Å². The molecule has 4 unspecified atom stereocenters. The van der Waals surface area contributed by atoms with Gasteiger partial charge in [-0.1, -0.05) is 19.9 Å². The van der Waals surface area contributed by atoms with E-state index in [0.29, 0.717) is 26.1 Å². The van der Waals surface area contributed by atoms with E-state index in [9.17, 15) is 9.59 Å². The summed E-state index contributed by atoms with van der Waals surface area (Å²) in [6.45, 7) is 8.42. The van der Waals surface area contributed by atoms with E-state index in [2.05, 4.69) is 13.5 Å². The number of hydrogen-bond acceptors (Lipinski definition) is 5. The van der Waals surface area contributed by atoms with Crippen molar-refractivity contribution < 1.29 is 23.8 Å². The number of esters is 2. The molecule has 2 rings (SSSR count). The van der Waals surface area contributed by atoms with E-state index < -0.39 is 11.6 Å². The first-order chi connectivity index (χ1) is 10.00. The van der Waals surface area contributed by atoms with Crippen molar-refractivity contribution in [2.24, 2.45) is 11.8 Å². The Hall–Kier alpha value is -1.36. The predicted molar refractivity (Wildman–Crippen MR) is 76.5 cm³/mol. The molecule has 5 heteroatoms. The van der Waals surface area contributed by atoms with Crippen LogP contribution in [0.5, 0.6) is 0 Å². The van der Waals surface area contributed by atoms with E-state index in [1.54, 1.807) is 0 Å². The molecule has 1 saturated carbocycles. The zero-order valence-corrected chi connectivity index (χ0v) is 12.8. The summed E-state index contributed by atoms with van der Waals surface area (Å²) in [5, 5.41) is 0. The molecule has 0 amide bonds. The van der Waals surface area contributed by atoms with Crippen molar-refractivity contribution in [2.75, 3.05) is 13.2 Å². The molecule has 0 N–H and O–H groups in total. The van der Waals surface area contributed by atoms with E-state index >= 15 is 0 Å². The van der Waals surface area contributed by atoms with Gasteiger partial charge < -0.3 is 14.2 Å². The van der Waals surface area contributed by atoms with E-state index in [-0.39, 0.29) is 23.9 Å². The number of carbonyl (C=O) groups excluding carboxylic acids is 2. The van der Waals surface area contributed by atoms with Gasteiger partial charge in [0.2, 0.25) is 0 Å². The molecule has 1 saturated heterocycles. The van der Waals surface area contributed by atoms with Crippen molar-refractivity contribution in [3.8, 4) is 0 Å². The summed E-state index contributed by atoms with van der Waals surface area (Å²) < 4.78 is 16.6. The molecule has 0 aromatic heterocycles. The lowest BCUT2D eigenvalue weighted by molar-refractivity contribution is -0.185. The molecule has 1 aliphatic heterocycles. The summed E-state index contributed by atoms with van der Waals surface area (Å²) in [7, 11) is 0. The third kappa shape index (κ3) is 3.46. The molecule has 0 spiro atoms. The fraction of sp³-hybridized carbons (Fsp3) is 0.750. The molecule has 118 valence electrons. The summed E-state index contributed by atoms with van der Waals surface area (Å²) in [4.78, 5) is 23.4. The molecule has 1 heterocycles. The molecular weight excluding hydrogens is 272 g/mol. The molecule has 2 fully saturated rings. The van der Waals surface area contributed by atoms with Gasteiger partial charge in [0.05, 0.1) is 18.6 Å². The van der Waals surface area contributed by atoms with Gasteiger partial charge in [0.25, 0.3) is 0 Å². The maximum Gasteiger partial charge on any atom is 0.330 e. The van der Waals surface area contributed by atoms with Crippen LogP contribution in [0.15, 0.2) is 12.7 Å². The summed E-state index contributed by atoms with van der Waals surface area (Å²) in [5.74, 6) is -0.634. The van der Waals surface area contributed by atoms with Crippen molar-refractivity contribution in [2.45, 2.75) is 51.2 Å². The van der Waals surface area contributed by atoms with E-state index in [4.69, 9.17) is 14.2 Å². The lowest BCUT2D eigenvalue weighted by Crippen LogP contribution is -2.52. The quantitative estimate of drug-likeness (QED) is 0.427. The van der Waals surface area contributed by atoms with Crippen LogP contribution in [-0.2, 0) is 23.8 Å². The minimum Gasteiger partial charge on any atom is -0.465 e. The molecule has 0 radical (unpaired) electrons. The van der Waals surface area contributed by atoms with Crippen molar-refractivity contribution in [1.82, 2.24) is 0 Å². The van der Waals surface area contributed by atoms with Crippen LogP contribution < -0.4 is 0 Å². The molecular formula is C16H24O5. The van der Waals surface area contributed by atoms with Crippen molar-refractivity contribution >= 4 is 11.9 Å². The van der Waals surface area contributed by atoms with Crippen molar-refractivity contribution in [3.63, 3.8) is 0 Å². The highest BCUT2D eigenvalue weighted by atomic mass is 16.6. The number of unbranched alkanes of at least 4 members (excludes halogenated alkanes) is 1. The van der Waals surface area contributed by atoms with E-state index in [1.165, 1.54) is 0 Å². The van der Waals surface area contributed by atoms with E-state index in [1.807, 2.05) is 6.92 Å². The summed E-state index contributed by atoms with van der Waals surface area (Å²) in [6.07, 6.45) is 4.00. The zero-order chi connectivity index (χ0) is 15.5. The molecule has 0 aromatic carbocycles. The van der Waals surface area contributed by atoms with Gasteiger partial charge in [-0.05, 0) is 26.2 Å². The topological polar surface area (TPSA) is 61.8 Å². The molecule has 2 aliphatic rings. The number of carbonyl (C=O) groups is 2. The van der Waals surface area contributed by atoms with Crippen molar-refractivity contribution in [1.29, 1.82) is 0 Å². The Bertz CT molecular complexity index is 419. The number of hydrogen-bond donors (Lipinski definition) is 0. The van der Waals surface area contributed by atoms with Crippen LogP contribution in [0.3, 0.4) is 0 Å². The normalized spacial score (nSPS) is 35.0. The first-order valence-electron chi connectivity index (χ1n) is 7.63. The average molecular weight is 296 g/mol. The van der Waals surface area contributed by atoms with Crippen LogP contribution in [0.1, 0.15) is 39.5 Å². The summed E-state index contributed by atoms with van der Waals surface area (Å²) >= 11 is 0. The molecule has 0 bridgehead atoms. The van der Waals surface area contributed by atoms with Crippen LogP contribution in [0.2, 0.25) is 0 Å². The fourth-order valence-corrected chi connectivity index (χ4v) is 3.22. The maximum absolute atomic E-state index is 11.8. The summed E-state index contributed by atoms with van der Waals surface area (Å²) in [6, 6.07) is 0. The Morgan fingerprint density at radius 3 is 3.00 bits per heavy atom. The van der Waals surface area contributed by atoms with Gasteiger partial charge in [0.15, 0.2) is 0 Å². The van der Waals surface area contributed by atoms with Gasteiger partial charge in [0, 0.05) is 18.6 Å². The highest BCUT2D eigenvalue weighted by Gasteiger charge is 2.53. The third-order valence-electron chi connectivity index (χ3n) is 4.45. The fourth-order valence-electron chi connectivity index (χ4n) is 3.22. The second-order valence-corrected chi connectivity index (χ2v) is 6.09. The van der Waals surface area contributed by atoms with Crippen LogP contribution in [0, 0.1) is 11.8 Å². The van der Waals surface area contributed by atoms with Crippen LogP contribution in [0.25, 0.3) is 0 Å². The monoisotopic (exact) mass is 296 g/mol. The minimum atomic E-state index is -0.728. The Morgan fingerprint density at radius 2 is 2.33 bits per heavy atom. The standard InChI is InChI=1S/C16H24O5/c1-4-6-7-19-13-8-12-11(10-20-15(12)18)9-16(13,3)21-14(17)5-2/h5,11-13H,2,4,6-10H2,1,3H3. The second-order valence-electron chi connectivity index (χ2n) is 6.09. The minimum absolute atomic E-state index is 0.103. The van der Waals surface area contributed by atoms with Gasteiger partial charge in [0.1, 0.15) is 5.60 Å². The zero-order valence-electron chi connectivity index (χ0n) is 12.8. The van der Waals surface area contributed by atoms with E-state index in [0.717, 1.165) is 18.9 Å². The number of rotatable bonds is 6. The largest absolute Gasteiger partial charge is 0.465 e. The first kappa shape index (κ1) is 16.0. The molecule has 21 heavy (non-hydrogen) atoms. The lowest BCUT2D eigenvalue weighted by atomic mass is 9.71. The number of fused-ring (bicyclic) bond motifs is 1. The van der Waals surface area contributed by atoms with Gasteiger partial charge >= 0.3 is 11.9 Å². The van der Waals surface area contributed by atoms with Gasteiger partial charge in [-0.15, -0.1) is 0 Å². The molecule has 5 nitrogen and oxygen atoms in total. The van der Waals surface area contributed by atoms with Crippen LogP contribution >= 0.6 is 0 Å².